The zero-order valence-electron chi connectivity index (χ0n) is 12.2. The largest absolute Gasteiger partial charge is 0.441 e. The maximum absolute atomic E-state index is 12.2. The summed E-state index contributed by atoms with van der Waals surface area (Å²) < 4.78 is 5.45. The smallest absolute Gasteiger partial charge is 0.321 e. The van der Waals surface area contributed by atoms with Gasteiger partial charge in [0, 0.05) is 31.8 Å². The van der Waals surface area contributed by atoms with E-state index in [1.54, 1.807) is 24.0 Å². The number of aliphatic hydroxyl groups is 1. The van der Waals surface area contributed by atoms with Crippen molar-refractivity contribution in [3.05, 3.63) is 24.1 Å². The zero-order valence-corrected chi connectivity index (χ0v) is 12.2. The Hall–Kier alpha value is -2.08. The van der Waals surface area contributed by atoms with Crippen LogP contribution >= 0.6 is 0 Å². The van der Waals surface area contributed by atoms with Crippen LogP contribution < -0.4 is 5.32 Å². The summed E-state index contributed by atoms with van der Waals surface area (Å²) in [5.74, 6) is 0.837. The van der Waals surface area contributed by atoms with Gasteiger partial charge in [-0.1, -0.05) is 6.92 Å². The number of rotatable bonds is 1. The molecule has 1 aliphatic rings. The van der Waals surface area contributed by atoms with Crippen molar-refractivity contribution in [1.29, 1.82) is 0 Å². The second-order valence-corrected chi connectivity index (χ2v) is 5.62. The molecule has 6 nitrogen and oxygen atoms in total. The molecule has 3 rings (SSSR count). The summed E-state index contributed by atoms with van der Waals surface area (Å²) in [5, 5.41) is 12.7. The molecule has 0 bridgehead atoms. The van der Waals surface area contributed by atoms with Gasteiger partial charge in [-0.05, 0) is 24.5 Å². The van der Waals surface area contributed by atoms with E-state index in [-0.39, 0.29) is 11.9 Å². The van der Waals surface area contributed by atoms with Crippen molar-refractivity contribution in [3.63, 3.8) is 0 Å². The fourth-order valence-electron chi connectivity index (χ4n) is 2.55. The third-order valence-electron chi connectivity index (χ3n) is 3.95. The average molecular weight is 289 g/mol. The number of amides is 2. The summed E-state index contributed by atoms with van der Waals surface area (Å²) in [7, 11) is 0. The number of carbonyl (C=O) groups excluding carboxylic acids is 1. The summed E-state index contributed by atoms with van der Waals surface area (Å²) in [5.41, 5.74) is 2.09. The highest BCUT2D eigenvalue weighted by molar-refractivity contribution is 5.91. The van der Waals surface area contributed by atoms with E-state index in [1.165, 1.54) is 0 Å². The molecule has 1 aromatic carbocycles. The third-order valence-corrected chi connectivity index (χ3v) is 3.95. The van der Waals surface area contributed by atoms with Crippen LogP contribution in [0.25, 0.3) is 11.1 Å². The number of hydrogen-bond donors (Lipinski definition) is 2. The highest BCUT2D eigenvalue weighted by Crippen LogP contribution is 2.21. The van der Waals surface area contributed by atoms with Gasteiger partial charge in [-0.2, -0.15) is 0 Å². The van der Waals surface area contributed by atoms with Gasteiger partial charge < -0.3 is 19.7 Å². The number of hydrogen-bond acceptors (Lipinski definition) is 4. The number of benzene rings is 1. The molecule has 1 aliphatic heterocycles. The van der Waals surface area contributed by atoms with Crippen molar-refractivity contribution >= 4 is 22.8 Å². The fraction of sp³-hybridized carbons (Fsp3) is 0.467. The van der Waals surface area contributed by atoms with Crippen molar-refractivity contribution in [2.45, 2.75) is 26.4 Å². The minimum absolute atomic E-state index is 0.198. The predicted octanol–water partition coefficient (Wildman–Crippen LogP) is 2.37. The van der Waals surface area contributed by atoms with E-state index in [0.29, 0.717) is 30.3 Å². The highest BCUT2D eigenvalue weighted by atomic mass is 16.3. The van der Waals surface area contributed by atoms with Gasteiger partial charge in [-0.3, -0.25) is 0 Å². The van der Waals surface area contributed by atoms with Crippen molar-refractivity contribution in [1.82, 2.24) is 9.88 Å². The van der Waals surface area contributed by atoms with Crippen LogP contribution in [0.3, 0.4) is 0 Å². The number of nitrogens with zero attached hydrogens (tertiary/aromatic N) is 2. The first-order chi connectivity index (χ1) is 10.0. The molecule has 2 unspecified atom stereocenters. The van der Waals surface area contributed by atoms with Crippen LogP contribution in [-0.4, -0.2) is 40.2 Å². The second-order valence-electron chi connectivity index (χ2n) is 5.62. The molecule has 1 aromatic heterocycles. The predicted molar refractivity (Wildman–Crippen MR) is 79.1 cm³/mol. The summed E-state index contributed by atoms with van der Waals surface area (Å²) in [6.07, 6.45) is 0.360. The fourth-order valence-corrected chi connectivity index (χ4v) is 2.55. The van der Waals surface area contributed by atoms with E-state index in [9.17, 15) is 9.90 Å². The number of fused-ring (bicyclic) bond motifs is 1. The van der Waals surface area contributed by atoms with Crippen LogP contribution in [0.5, 0.6) is 0 Å². The van der Waals surface area contributed by atoms with Gasteiger partial charge in [0.05, 0.1) is 6.10 Å². The molecular weight excluding hydrogens is 270 g/mol. The molecule has 0 spiro atoms. The van der Waals surface area contributed by atoms with Crippen molar-refractivity contribution in [2.75, 3.05) is 18.4 Å². The lowest BCUT2D eigenvalue weighted by Gasteiger charge is -2.34. The number of oxazole rings is 1. The van der Waals surface area contributed by atoms with E-state index in [0.717, 1.165) is 11.9 Å². The van der Waals surface area contributed by atoms with Crippen LogP contribution in [0.2, 0.25) is 0 Å². The molecule has 0 radical (unpaired) electrons. The first-order valence-corrected chi connectivity index (χ1v) is 7.14. The molecule has 1 saturated heterocycles. The van der Waals surface area contributed by atoms with E-state index in [1.807, 2.05) is 13.0 Å². The Balaban J connectivity index is 1.71. The van der Waals surface area contributed by atoms with Crippen LogP contribution in [0.1, 0.15) is 19.2 Å². The van der Waals surface area contributed by atoms with E-state index in [4.69, 9.17) is 4.42 Å². The Labute approximate surface area is 122 Å². The Kier molecular flexibility index (Phi) is 3.55. The number of carbonyl (C=O) groups is 1. The van der Waals surface area contributed by atoms with Gasteiger partial charge >= 0.3 is 6.03 Å². The van der Waals surface area contributed by atoms with Gasteiger partial charge in [0.1, 0.15) is 5.52 Å². The molecular formula is C15H19N3O3. The second kappa shape index (κ2) is 5.37. The lowest BCUT2D eigenvalue weighted by Crippen LogP contribution is -2.47. The minimum Gasteiger partial charge on any atom is -0.441 e. The molecule has 1 fully saturated rings. The summed E-state index contributed by atoms with van der Waals surface area (Å²) in [6.45, 7) is 4.82. The Morgan fingerprint density at radius 1 is 1.52 bits per heavy atom. The van der Waals surface area contributed by atoms with Crippen LogP contribution in [-0.2, 0) is 0 Å². The zero-order chi connectivity index (χ0) is 15.0. The van der Waals surface area contributed by atoms with Crippen molar-refractivity contribution < 1.29 is 14.3 Å². The lowest BCUT2D eigenvalue weighted by atomic mass is 9.96. The maximum atomic E-state index is 12.2. The number of piperidine rings is 1. The standard InChI is InChI=1S/C15H19N3O3/c1-9-5-6-18(8-13(9)19)15(20)17-11-3-4-12-14(7-11)21-10(2)16-12/h3-4,7,9,13,19H,5-6,8H2,1-2H3,(H,17,20). The minimum atomic E-state index is -0.455. The molecule has 0 saturated carbocycles. The molecule has 21 heavy (non-hydrogen) atoms. The van der Waals surface area contributed by atoms with Gasteiger partial charge in [-0.25, -0.2) is 9.78 Å². The molecule has 0 aliphatic carbocycles. The number of aliphatic hydroxyl groups excluding tert-OH is 1. The number of β-amino-alcohol motifs (C(OH)–C–C–N with tert-alkyl or cyclic N) is 1. The molecule has 2 N–H and O–H groups in total. The molecule has 112 valence electrons. The lowest BCUT2D eigenvalue weighted by molar-refractivity contribution is 0.0464. The number of aromatic nitrogens is 1. The van der Waals surface area contributed by atoms with Crippen LogP contribution in [0.15, 0.2) is 22.6 Å². The van der Waals surface area contributed by atoms with Crippen LogP contribution in [0, 0.1) is 12.8 Å². The van der Waals surface area contributed by atoms with Gasteiger partial charge in [0.2, 0.25) is 0 Å². The Bertz CT molecular complexity index is 667. The number of nitrogens with one attached hydrogen (secondary N) is 1. The molecule has 2 atom stereocenters. The first-order valence-electron chi connectivity index (χ1n) is 7.14. The molecule has 2 heterocycles. The highest BCUT2D eigenvalue weighted by Gasteiger charge is 2.27. The molecule has 2 aromatic rings. The van der Waals surface area contributed by atoms with Crippen LogP contribution in [0.4, 0.5) is 10.5 Å². The van der Waals surface area contributed by atoms with Gasteiger partial charge in [-0.15, -0.1) is 0 Å². The average Bonchev–Trinajstić information content (AvgIpc) is 2.81. The van der Waals surface area contributed by atoms with Gasteiger partial charge in [0.25, 0.3) is 0 Å². The number of urea groups is 1. The third kappa shape index (κ3) is 2.85. The first kappa shape index (κ1) is 13.9. The van der Waals surface area contributed by atoms with E-state index >= 15 is 0 Å². The SMILES string of the molecule is Cc1nc2ccc(NC(=O)N3CCC(C)C(O)C3)cc2o1. The van der Waals surface area contributed by atoms with Gasteiger partial charge in [0.15, 0.2) is 11.5 Å². The normalized spacial score (nSPS) is 22.5. The Morgan fingerprint density at radius 3 is 3.10 bits per heavy atom. The number of anilines is 1. The monoisotopic (exact) mass is 289 g/mol. The Morgan fingerprint density at radius 2 is 2.33 bits per heavy atom. The van der Waals surface area contributed by atoms with Crippen molar-refractivity contribution in [3.8, 4) is 0 Å². The topological polar surface area (TPSA) is 78.6 Å². The van der Waals surface area contributed by atoms with E-state index in [2.05, 4.69) is 10.3 Å². The maximum Gasteiger partial charge on any atom is 0.321 e. The quantitative estimate of drug-likeness (QED) is 0.844. The summed E-state index contributed by atoms with van der Waals surface area (Å²) in [4.78, 5) is 18.1. The summed E-state index contributed by atoms with van der Waals surface area (Å²) in [6, 6.07) is 5.17. The van der Waals surface area contributed by atoms with Crippen molar-refractivity contribution in [2.24, 2.45) is 5.92 Å². The van der Waals surface area contributed by atoms with E-state index < -0.39 is 6.10 Å². The summed E-state index contributed by atoms with van der Waals surface area (Å²) >= 11 is 0. The molecule has 2 amide bonds. The number of aryl methyl sites for hydroxylation is 1. The molecule has 6 heteroatoms. The number of likely N-dealkylation sites (tertiary alicyclic amines) is 1.